The second-order valence-electron chi connectivity index (χ2n) is 5.74. The van der Waals surface area contributed by atoms with E-state index in [-0.39, 0.29) is 34.5 Å². The maximum absolute atomic E-state index is 12.7. The van der Waals surface area contributed by atoms with Crippen molar-refractivity contribution in [3.8, 4) is 0 Å². The molecule has 1 atom stereocenters. The van der Waals surface area contributed by atoms with Gasteiger partial charge >= 0.3 is 5.97 Å². The van der Waals surface area contributed by atoms with Crippen molar-refractivity contribution in [2.24, 2.45) is 11.1 Å². The predicted octanol–water partition coefficient (Wildman–Crippen LogP) is 1.10. The van der Waals surface area contributed by atoms with Gasteiger partial charge in [0.05, 0.1) is 7.11 Å². The van der Waals surface area contributed by atoms with Crippen molar-refractivity contribution < 1.29 is 17.9 Å². The van der Waals surface area contributed by atoms with Gasteiger partial charge in [0.2, 0.25) is 10.0 Å². The lowest BCUT2D eigenvalue weighted by Crippen LogP contribution is -2.53. The minimum Gasteiger partial charge on any atom is -0.464 e. The number of nitrogens with two attached hydrogens (primary N) is 1. The van der Waals surface area contributed by atoms with Crippen LogP contribution in [0.2, 0.25) is 0 Å². The van der Waals surface area contributed by atoms with Crippen LogP contribution in [0.3, 0.4) is 0 Å². The number of carbonyl (C=O) groups excluding carboxylic acids is 1. The van der Waals surface area contributed by atoms with Crippen LogP contribution >= 0.6 is 23.9 Å². The van der Waals surface area contributed by atoms with Crippen LogP contribution in [-0.2, 0) is 14.8 Å². The van der Waals surface area contributed by atoms with E-state index < -0.39 is 16.0 Å². The van der Waals surface area contributed by atoms with E-state index in [0.29, 0.717) is 19.5 Å². The average molecular weight is 370 g/mol. The molecule has 0 bridgehead atoms. The van der Waals surface area contributed by atoms with Crippen LogP contribution < -0.4 is 5.73 Å². The molecule has 0 aromatic carbocycles. The van der Waals surface area contributed by atoms with Crippen LogP contribution in [0.1, 0.15) is 30.8 Å². The molecule has 1 saturated heterocycles. The number of hydrogen-bond acceptors (Lipinski definition) is 7. The third-order valence-electron chi connectivity index (χ3n) is 3.81. The van der Waals surface area contributed by atoms with Gasteiger partial charge in [-0.05, 0) is 23.4 Å². The zero-order chi connectivity index (χ0) is 15.8. The van der Waals surface area contributed by atoms with Gasteiger partial charge in [-0.3, -0.25) is 0 Å². The highest BCUT2D eigenvalue weighted by molar-refractivity contribution is 7.89. The predicted molar refractivity (Wildman–Crippen MR) is 85.8 cm³/mol. The number of carbonyl (C=O) groups is 1. The standard InChI is InChI=1S/C12H19N3O4S2.ClH/c1-12(2)7-15(5-4-9(12)13)21(17,18)8-6-20-14-10(8)11(16)19-3;/h6,9H,4-5,7,13H2,1-3H3;1H. The van der Waals surface area contributed by atoms with Crippen LogP contribution in [0.4, 0.5) is 0 Å². The Morgan fingerprint density at radius 3 is 2.73 bits per heavy atom. The largest absolute Gasteiger partial charge is 0.464 e. The highest BCUT2D eigenvalue weighted by Crippen LogP contribution is 2.32. The molecule has 0 radical (unpaired) electrons. The van der Waals surface area contributed by atoms with Gasteiger partial charge in [-0.25, -0.2) is 13.2 Å². The molecule has 7 nitrogen and oxygen atoms in total. The number of sulfonamides is 1. The van der Waals surface area contributed by atoms with Gasteiger partial charge in [0.25, 0.3) is 0 Å². The Balaban J connectivity index is 0.00000242. The van der Waals surface area contributed by atoms with Gasteiger partial charge in [-0.15, -0.1) is 12.4 Å². The molecule has 1 aromatic heterocycles. The fourth-order valence-electron chi connectivity index (χ4n) is 2.31. The van der Waals surface area contributed by atoms with Gasteiger partial charge in [-0.1, -0.05) is 13.8 Å². The van der Waals surface area contributed by atoms with E-state index >= 15 is 0 Å². The van der Waals surface area contributed by atoms with E-state index in [1.807, 2.05) is 13.8 Å². The molecule has 126 valence electrons. The number of rotatable bonds is 3. The first-order valence-corrected chi connectivity index (χ1v) is 8.76. The summed E-state index contributed by atoms with van der Waals surface area (Å²) in [5.41, 5.74) is 5.55. The van der Waals surface area contributed by atoms with E-state index in [2.05, 4.69) is 9.11 Å². The van der Waals surface area contributed by atoms with Gasteiger partial charge in [0, 0.05) is 24.5 Å². The Morgan fingerprint density at radius 1 is 1.55 bits per heavy atom. The first-order chi connectivity index (χ1) is 9.70. The molecule has 10 heteroatoms. The molecule has 1 fully saturated rings. The van der Waals surface area contributed by atoms with Crippen molar-refractivity contribution in [3.63, 3.8) is 0 Å². The average Bonchev–Trinajstić information content (AvgIpc) is 2.90. The molecular weight excluding hydrogens is 350 g/mol. The van der Waals surface area contributed by atoms with E-state index in [9.17, 15) is 13.2 Å². The quantitative estimate of drug-likeness (QED) is 0.800. The fourth-order valence-corrected chi connectivity index (χ4v) is 5.03. The molecule has 0 aliphatic carbocycles. The summed E-state index contributed by atoms with van der Waals surface area (Å²) in [6.07, 6.45) is 0.581. The fraction of sp³-hybridized carbons (Fsp3) is 0.667. The first kappa shape index (κ1) is 19.3. The number of methoxy groups -OCH3 is 1. The summed E-state index contributed by atoms with van der Waals surface area (Å²) in [6, 6.07) is -0.0513. The molecule has 0 amide bonds. The maximum atomic E-state index is 12.7. The van der Waals surface area contributed by atoms with Crippen LogP contribution in [0, 0.1) is 5.41 Å². The monoisotopic (exact) mass is 369 g/mol. The van der Waals surface area contributed by atoms with Crippen LogP contribution in [-0.4, -0.2) is 49.3 Å². The normalized spacial score (nSPS) is 21.9. The molecular formula is C12H20ClN3O4S2. The summed E-state index contributed by atoms with van der Waals surface area (Å²) in [5, 5.41) is 1.36. The van der Waals surface area contributed by atoms with E-state index in [0.717, 1.165) is 11.5 Å². The third kappa shape index (κ3) is 3.43. The molecule has 1 aliphatic rings. The van der Waals surface area contributed by atoms with Crippen molar-refractivity contribution in [1.29, 1.82) is 0 Å². The highest BCUT2D eigenvalue weighted by Gasteiger charge is 2.40. The molecule has 2 rings (SSSR count). The van der Waals surface area contributed by atoms with Crippen molar-refractivity contribution in [2.75, 3.05) is 20.2 Å². The van der Waals surface area contributed by atoms with E-state index in [1.165, 1.54) is 16.8 Å². The number of hydrogen-bond donors (Lipinski definition) is 1. The van der Waals surface area contributed by atoms with Crippen molar-refractivity contribution in [2.45, 2.75) is 31.2 Å². The van der Waals surface area contributed by atoms with Gasteiger partial charge in [0.1, 0.15) is 4.90 Å². The highest BCUT2D eigenvalue weighted by atomic mass is 35.5. The Kier molecular flexibility index (Phi) is 5.96. The molecule has 0 spiro atoms. The summed E-state index contributed by atoms with van der Waals surface area (Å²) in [6.45, 7) is 4.52. The Hall–Kier alpha value is -0.740. The van der Waals surface area contributed by atoms with Crippen LogP contribution in [0.5, 0.6) is 0 Å². The summed E-state index contributed by atoms with van der Waals surface area (Å²) >= 11 is 0.920. The van der Waals surface area contributed by atoms with Crippen LogP contribution in [0.25, 0.3) is 0 Å². The molecule has 2 N–H and O–H groups in total. The van der Waals surface area contributed by atoms with Gasteiger partial charge in [0.15, 0.2) is 5.69 Å². The second kappa shape index (κ2) is 6.79. The van der Waals surface area contributed by atoms with Crippen molar-refractivity contribution in [3.05, 3.63) is 11.1 Å². The Bertz CT molecular complexity index is 645. The molecule has 1 unspecified atom stereocenters. The van der Waals surface area contributed by atoms with E-state index in [1.54, 1.807) is 0 Å². The molecule has 1 aromatic rings. The third-order valence-corrected chi connectivity index (χ3v) is 6.45. The summed E-state index contributed by atoms with van der Waals surface area (Å²) in [7, 11) is -2.58. The smallest absolute Gasteiger partial charge is 0.359 e. The number of halogens is 1. The molecule has 2 heterocycles. The number of esters is 1. The van der Waals surface area contributed by atoms with Gasteiger partial charge < -0.3 is 10.5 Å². The number of piperidine rings is 1. The zero-order valence-electron chi connectivity index (χ0n) is 12.6. The molecule has 22 heavy (non-hydrogen) atoms. The Morgan fingerprint density at radius 2 is 2.18 bits per heavy atom. The summed E-state index contributed by atoms with van der Waals surface area (Å²) < 4.78 is 35.2. The van der Waals surface area contributed by atoms with E-state index in [4.69, 9.17) is 5.73 Å². The number of nitrogens with zero attached hydrogens (tertiary/aromatic N) is 2. The topological polar surface area (TPSA) is 103 Å². The number of aromatic nitrogens is 1. The minimum atomic E-state index is -3.77. The Labute approximate surface area is 140 Å². The van der Waals surface area contributed by atoms with Crippen molar-refractivity contribution in [1.82, 2.24) is 8.68 Å². The lowest BCUT2D eigenvalue weighted by Gasteiger charge is -2.41. The van der Waals surface area contributed by atoms with Gasteiger partial charge in [-0.2, -0.15) is 8.68 Å². The summed E-state index contributed by atoms with van der Waals surface area (Å²) in [5.74, 6) is -0.747. The molecule has 0 saturated carbocycles. The lowest BCUT2D eigenvalue weighted by atomic mass is 9.81. The lowest BCUT2D eigenvalue weighted by molar-refractivity contribution is 0.0590. The zero-order valence-corrected chi connectivity index (χ0v) is 15.1. The summed E-state index contributed by atoms with van der Waals surface area (Å²) in [4.78, 5) is 11.5. The minimum absolute atomic E-state index is 0. The number of ether oxygens (including phenoxy) is 1. The molecule has 1 aliphatic heterocycles. The SMILES string of the molecule is COC(=O)c1nscc1S(=O)(=O)N1CCC(N)C(C)(C)C1.Cl. The van der Waals surface area contributed by atoms with Crippen molar-refractivity contribution >= 4 is 39.9 Å². The maximum Gasteiger partial charge on any atom is 0.359 e. The second-order valence-corrected chi connectivity index (χ2v) is 8.28. The first-order valence-electron chi connectivity index (χ1n) is 6.48. The van der Waals surface area contributed by atoms with Crippen LogP contribution in [0.15, 0.2) is 10.3 Å².